The van der Waals surface area contributed by atoms with Crippen LogP contribution in [0.4, 0.5) is 0 Å². The average Bonchev–Trinajstić information content (AvgIpc) is 3.15. The van der Waals surface area contributed by atoms with Crippen molar-refractivity contribution < 1.29 is 9.53 Å². The first-order chi connectivity index (χ1) is 9.11. The summed E-state index contributed by atoms with van der Waals surface area (Å²) in [5.41, 5.74) is 6.25. The van der Waals surface area contributed by atoms with E-state index in [4.69, 9.17) is 22.7 Å². The molecule has 4 nitrogen and oxygen atoms in total. The van der Waals surface area contributed by atoms with Gasteiger partial charge in [-0.3, -0.25) is 4.79 Å². The van der Waals surface area contributed by atoms with Crippen molar-refractivity contribution in [1.29, 1.82) is 0 Å². The molecule has 0 spiro atoms. The fourth-order valence-corrected chi connectivity index (χ4v) is 2.23. The second-order valence-electron chi connectivity index (χ2n) is 4.73. The van der Waals surface area contributed by atoms with Crippen molar-refractivity contribution in [2.24, 2.45) is 11.7 Å². The van der Waals surface area contributed by atoms with Gasteiger partial charge in [-0.2, -0.15) is 0 Å². The highest BCUT2D eigenvalue weighted by atomic mass is 32.1. The molecule has 1 aliphatic rings. The number of nitrogens with one attached hydrogen (secondary N) is 1. The molecule has 0 aromatic heterocycles. The smallest absolute Gasteiger partial charge is 0.258 e. The normalized spacial score (nSPS) is 20.7. The lowest BCUT2D eigenvalue weighted by atomic mass is 10.2. The van der Waals surface area contributed by atoms with Gasteiger partial charge in [0.05, 0.1) is 5.56 Å². The second kappa shape index (κ2) is 6.02. The third-order valence-electron chi connectivity index (χ3n) is 3.30. The largest absolute Gasteiger partial charge is 0.483 e. The SMILES string of the molecule is CCC1CC1NC(=O)COc1ccccc1C(N)=S. The minimum Gasteiger partial charge on any atom is -0.483 e. The molecule has 1 aliphatic carbocycles. The highest BCUT2D eigenvalue weighted by Gasteiger charge is 2.36. The molecule has 1 amide bonds. The van der Waals surface area contributed by atoms with Crippen LogP contribution in [0.3, 0.4) is 0 Å². The van der Waals surface area contributed by atoms with Crippen LogP contribution >= 0.6 is 12.2 Å². The molecule has 0 saturated heterocycles. The van der Waals surface area contributed by atoms with Gasteiger partial charge in [0.25, 0.3) is 5.91 Å². The number of hydrogen-bond donors (Lipinski definition) is 2. The lowest BCUT2D eigenvalue weighted by Crippen LogP contribution is -2.31. The van der Waals surface area contributed by atoms with Crippen molar-refractivity contribution in [3.05, 3.63) is 29.8 Å². The second-order valence-corrected chi connectivity index (χ2v) is 5.17. The molecule has 5 heteroatoms. The summed E-state index contributed by atoms with van der Waals surface area (Å²) in [6.07, 6.45) is 2.18. The molecule has 2 atom stereocenters. The minimum atomic E-state index is -0.0984. The fourth-order valence-electron chi connectivity index (χ4n) is 2.06. The molecule has 0 heterocycles. The Labute approximate surface area is 118 Å². The highest BCUT2D eigenvalue weighted by molar-refractivity contribution is 7.80. The number of carbonyl (C=O) groups is 1. The van der Waals surface area contributed by atoms with Gasteiger partial charge in [-0.05, 0) is 24.5 Å². The van der Waals surface area contributed by atoms with Crippen LogP contribution in [0.1, 0.15) is 25.3 Å². The van der Waals surface area contributed by atoms with Crippen molar-refractivity contribution in [2.45, 2.75) is 25.8 Å². The lowest BCUT2D eigenvalue weighted by Gasteiger charge is -2.10. The molecular weight excluding hydrogens is 260 g/mol. The van der Waals surface area contributed by atoms with Crippen LogP contribution in [0.5, 0.6) is 5.75 Å². The fraction of sp³-hybridized carbons (Fsp3) is 0.429. The number of carbonyl (C=O) groups excluding carboxylic acids is 1. The maximum absolute atomic E-state index is 11.7. The van der Waals surface area contributed by atoms with Crippen molar-refractivity contribution >= 4 is 23.1 Å². The van der Waals surface area contributed by atoms with E-state index in [2.05, 4.69) is 12.2 Å². The molecule has 19 heavy (non-hydrogen) atoms. The van der Waals surface area contributed by atoms with Gasteiger partial charge in [-0.1, -0.05) is 37.7 Å². The standard InChI is InChI=1S/C14H18N2O2S/c1-2-9-7-11(9)16-13(17)8-18-12-6-4-3-5-10(12)14(15)19/h3-6,9,11H,2,7-8H2,1H3,(H2,15,19)(H,16,17). The van der Waals surface area contributed by atoms with E-state index in [-0.39, 0.29) is 17.5 Å². The van der Waals surface area contributed by atoms with Gasteiger partial charge in [-0.15, -0.1) is 0 Å². The number of benzene rings is 1. The summed E-state index contributed by atoms with van der Waals surface area (Å²) in [6.45, 7) is 2.12. The summed E-state index contributed by atoms with van der Waals surface area (Å²) in [4.78, 5) is 12.0. The first-order valence-corrected chi connectivity index (χ1v) is 6.83. The Bertz CT molecular complexity index is 490. The van der Waals surface area contributed by atoms with E-state index < -0.39 is 0 Å². The Hall–Kier alpha value is -1.62. The quantitative estimate of drug-likeness (QED) is 0.776. The Morgan fingerprint density at radius 3 is 2.89 bits per heavy atom. The van der Waals surface area contributed by atoms with E-state index in [1.54, 1.807) is 12.1 Å². The van der Waals surface area contributed by atoms with Crippen LogP contribution in [-0.4, -0.2) is 23.5 Å². The zero-order valence-electron chi connectivity index (χ0n) is 10.9. The van der Waals surface area contributed by atoms with Gasteiger partial charge < -0.3 is 15.8 Å². The summed E-state index contributed by atoms with van der Waals surface area (Å²) < 4.78 is 5.48. The van der Waals surface area contributed by atoms with E-state index >= 15 is 0 Å². The number of thiocarbonyl (C=S) groups is 1. The van der Waals surface area contributed by atoms with Crippen LogP contribution in [0.2, 0.25) is 0 Å². The monoisotopic (exact) mass is 278 g/mol. The number of ether oxygens (including phenoxy) is 1. The summed E-state index contributed by atoms with van der Waals surface area (Å²) in [5.74, 6) is 1.08. The number of hydrogen-bond acceptors (Lipinski definition) is 3. The maximum atomic E-state index is 11.7. The molecule has 0 aliphatic heterocycles. The number of amides is 1. The van der Waals surface area contributed by atoms with Crippen LogP contribution in [0, 0.1) is 5.92 Å². The Morgan fingerprint density at radius 1 is 1.53 bits per heavy atom. The molecule has 102 valence electrons. The van der Waals surface area contributed by atoms with Crippen molar-refractivity contribution in [3.8, 4) is 5.75 Å². The zero-order valence-corrected chi connectivity index (χ0v) is 11.7. The molecule has 0 bridgehead atoms. The van der Waals surface area contributed by atoms with Gasteiger partial charge in [0.1, 0.15) is 10.7 Å². The summed E-state index contributed by atoms with van der Waals surface area (Å²) in [7, 11) is 0. The Balaban J connectivity index is 1.85. The van der Waals surface area contributed by atoms with E-state index in [0.29, 0.717) is 23.3 Å². The van der Waals surface area contributed by atoms with Crippen LogP contribution in [-0.2, 0) is 4.79 Å². The van der Waals surface area contributed by atoms with Crippen molar-refractivity contribution in [1.82, 2.24) is 5.32 Å². The third kappa shape index (κ3) is 3.67. The van der Waals surface area contributed by atoms with Gasteiger partial charge in [0.2, 0.25) is 0 Å². The van der Waals surface area contributed by atoms with Gasteiger partial charge in [0.15, 0.2) is 6.61 Å². The van der Waals surface area contributed by atoms with Crippen molar-refractivity contribution in [2.75, 3.05) is 6.61 Å². The number of nitrogens with two attached hydrogens (primary N) is 1. The highest BCUT2D eigenvalue weighted by Crippen LogP contribution is 2.32. The first kappa shape index (κ1) is 13.8. The molecule has 0 radical (unpaired) electrons. The predicted molar refractivity (Wildman–Crippen MR) is 78.2 cm³/mol. The molecule has 1 saturated carbocycles. The summed E-state index contributed by atoms with van der Waals surface area (Å²) >= 11 is 4.94. The number of rotatable bonds is 6. The molecule has 1 fully saturated rings. The maximum Gasteiger partial charge on any atom is 0.258 e. The van der Waals surface area contributed by atoms with E-state index in [1.165, 1.54) is 0 Å². The molecule has 3 N–H and O–H groups in total. The first-order valence-electron chi connectivity index (χ1n) is 6.42. The summed E-state index contributed by atoms with van der Waals surface area (Å²) in [5, 5.41) is 2.95. The predicted octanol–water partition coefficient (Wildman–Crippen LogP) is 1.61. The topological polar surface area (TPSA) is 64.3 Å². The van der Waals surface area contributed by atoms with E-state index in [0.717, 1.165) is 12.8 Å². The zero-order chi connectivity index (χ0) is 13.8. The minimum absolute atomic E-state index is 0.00738. The molecule has 1 aromatic carbocycles. The van der Waals surface area contributed by atoms with Crippen molar-refractivity contribution in [3.63, 3.8) is 0 Å². The average molecular weight is 278 g/mol. The van der Waals surface area contributed by atoms with Gasteiger partial charge >= 0.3 is 0 Å². The summed E-state index contributed by atoms with van der Waals surface area (Å²) in [6, 6.07) is 7.52. The van der Waals surface area contributed by atoms with E-state index in [9.17, 15) is 4.79 Å². The van der Waals surface area contributed by atoms with Gasteiger partial charge in [-0.25, -0.2) is 0 Å². The van der Waals surface area contributed by atoms with Crippen LogP contribution in [0.25, 0.3) is 0 Å². The van der Waals surface area contributed by atoms with Gasteiger partial charge in [0, 0.05) is 6.04 Å². The molecular formula is C14H18N2O2S. The van der Waals surface area contributed by atoms with Crippen LogP contribution in [0.15, 0.2) is 24.3 Å². The number of para-hydroxylation sites is 1. The third-order valence-corrected chi connectivity index (χ3v) is 3.52. The van der Waals surface area contributed by atoms with E-state index in [1.807, 2.05) is 12.1 Å². The lowest BCUT2D eigenvalue weighted by molar-refractivity contribution is -0.123. The molecule has 2 unspecified atom stereocenters. The molecule has 1 aromatic rings. The molecule has 2 rings (SSSR count). The Morgan fingerprint density at radius 2 is 2.26 bits per heavy atom. The Kier molecular flexibility index (Phi) is 4.37. The van der Waals surface area contributed by atoms with Crippen LogP contribution < -0.4 is 15.8 Å².